The van der Waals surface area contributed by atoms with E-state index >= 15 is 0 Å². The maximum absolute atomic E-state index is 5.67. The van der Waals surface area contributed by atoms with E-state index < -0.39 is 0 Å². The molecular formula is C30H55N3. The molecular weight excluding hydrogens is 402 g/mol. The van der Waals surface area contributed by atoms with Gasteiger partial charge in [-0.05, 0) is 126 Å². The minimum atomic E-state index is 0. The number of nitrogens with zero attached hydrogens (tertiary/aromatic N) is 1. The summed E-state index contributed by atoms with van der Waals surface area (Å²) in [6.07, 6.45) is 16.8. The fraction of sp³-hybridized carbons (Fsp3) is 0.833. The van der Waals surface area contributed by atoms with Crippen LogP contribution >= 0.6 is 0 Å². The van der Waals surface area contributed by atoms with Crippen molar-refractivity contribution in [2.75, 3.05) is 13.1 Å². The highest BCUT2D eigenvalue weighted by Gasteiger charge is 2.59. The second-order valence-corrected chi connectivity index (χ2v) is 12.4. The third kappa shape index (κ3) is 5.44. The summed E-state index contributed by atoms with van der Waals surface area (Å²) in [5.41, 5.74) is 9.95. The van der Waals surface area contributed by atoms with Gasteiger partial charge >= 0.3 is 0 Å². The van der Waals surface area contributed by atoms with Crippen LogP contribution in [0.5, 0.6) is 0 Å². The van der Waals surface area contributed by atoms with Gasteiger partial charge in [0.1, 0.15) is 0 Å². The fourth-order valence-corrected chi connectivity index (χ4v) is 8.28. The summed E-state index contributed by atoms with van der Waals surface area (Å²) < 4.78 is 0. The Morgan fingerprint density at radius 3 is 2.61 bits per heavy atom. The molecule has 4 aliphatic rings. The lowest BCUT2D eigenvalue weighted by molar-refractivity contribution is -0.0446. The van der Waals surface area contributed by atoms with Gasteiger partial charge in [0.15, 0.2) is 0 Å². The Kier molecular flexibility index (Phi) is 8.92. The molecule has 7 unspecified atom stereocenters. The van der Waals surface area contributed by atoms with Gasteiger partial charge in [0.25, 0.3) is 0 Å². The van der Waals surface area contributed by atoms with E-state index in [-0.39, 0.29) is 1.43 Å². The van der Waals surface area contributed by atoms with E-state index in [4.69, 9.17) is 10.7 Å². The second kappa shape index (κ2) is 11.1. The topological polar surface area (TPSA) is 50.4 Å². The van der Waals surface area contributed by atoms with Gasteiger partial charge < -0.3 is 11.1 Å². The fourth-order valence-electron chi connectivity index (χ4n) is 8.28. The van der Waals surface area contributed by atoms with Crippen molar-refractivity contribution in [3.63, 3.8) is 0 Å². The SMILES string of the molecule is C=CNC(C)C.CC(=NCCCN)C1CCC2C3CCC4=CC(C)CCC4(C)C3CCC12C.[HH]. The summed E-state index contributed by atoms with van der Waals surface area (Å²) in [6, 6.07) is 0.530. The molecule has 4 aliphatic carbocycles. The maximum atomic E-state index is 5.67. The van der Waals surface area contributed by atoms with Crippen LogP contribution in [-0.2, 0) is 0 Å². The van der Waals surface area contributed by atoms with Gasteiger partial charge in [0, 0.05) is 25.6 Å². The molecule has 0 radical (unpaired) electrons. The molecule has 0 aromatic heterocycles. The van der Waals surface area contributed by atoms with Crippen LogP contribution in [0.2, 0.25) is 0 Å². The minimum Gasteiger partial charge on any atom is -0.389 e. The lowest BCUT2D eigenvalue weighted by Crippen LogP contribution is -2.50. The molecule has 0 aromatic carbocycles. The van der Waals surface area contributed by atoms with Crippen molar-refractivity contribution >= 4 is 5.71 Å². The molecule has 3 nitrogen and oxygen atoms in total. The largest absolute Gasteiger partial charge is 0.389 e. The van der Waals surface area contributed by atoms with Crippen molar-refractivity contribution < 1.29 is 1.43 Å². The molecule has 0 saturated heterocycles. The van der Waals surface area contributed by atoms with Crippen LogP contribution in [0.25, 0.3) is 0 Å². The van der Waals surface area contributed by atoms with E-state index in [9.17, 15) is 0 Å². The van der Waals surface area contributed by atoms with Crippen molar-refractivity contribution in [3.05, 3.63) is 24.4 Å². The van der Waals surface area contributed by atoms with Crippen LogP contribution in [0, 0.1) is 40.4 Å². The van der Waals surface area contributed by atoms with Crippen molar-refractivity contribution in [3.8, 4) is 0 Å². The molecule has 0 aromatic rings. The van der Waals surface area contributed by atoms with Gasteiger partial charge in [-0.25, -0.2) is 0 Å². The first-order valence-corrected chi connectivity index (χ1v) is 14.0. The van der Waals surface area contributed by atoms with E-state index in [1.807, 2.05) is 5.57 Å². The van der Waals surface area contributed by atoms with Crippen LogP contribution < -0.4 is 11.1 Å². The molecule has 7 atom stereocenters. The Bertz CT molecular complexity index is 729. The molecule has 3 N–H and O–H groups in total. The Balaban J connectivity index is 0.000000521. The number of nitrogens with one attached hydrogen (secondary N) is 1. The minimum absolute atomic E-state index is 0. The highest BCUT2D eigenvalue weighted by atomic mass is 14.9. The molecule has 3 heteroatoms. The van der Waals surface area contributed by atoms with E-state index in [1.54, 1.807) is 6.20 Å². The number of hydrogen-bond donors (Lipinski definition) is 2. The summed E-state index contributed by atoms with van der Waals surface area (Å²) in [6.45, 7) is 19.3. The zero-order chi connectivity index (χ0) is 24.2. The summed E-state index contributed by atoms with van der Waals surface area (Å²) in [4.78, 5) is 4.95. The highest BCUT2D eigenvalue weighted by Crippen LogP contribution is 2.67. The summed E-state index contributed by atoms with van der Waals surface area (Å²) >= 11 is 0. The van der Waals surface area contributed by atoms with Crippen LogP contribution in [-0.4, -0.2) is 24.8 Å². The number of fused-ring (bicyclic) bond motifs is 5. The predicted octanol–water partition coefficient (Wildman–Crippen LogP) is 7.39. The Morgan fingerprint density at radius 1 is 1.21 bits per heavy atom. The summed E-state index contributed by atoms with van der Waals surface area (Å²) in [7, 11) is 0. The van der Waals surface area contributed by atoms with Crippen molar-refractivity contribution in [2.24, 2.45) is 51.1 Å². The molecule has 33 heavy (non-hydrogen) atoms. The number of nitrogens with two attached hydrogens (primary N) is 1. The van der Waals surface area contributed by atoms with Crippen LogP contribution in [0.4, 0.5) is 0 Å². The van der Waals surface area contributed by atoms with Crippen molar-refractivity contribution in [2.45, 2.75) is 105 Å². The normalized spacial score (nSPS) is 40.1. The van der Waals surface area contributed by atoms with E-state index in [1.165, 1.54) is 57.1 Å². The highest BCUT2D eigenvalue weighted by molar-refractivity contribution is 5.85. The van der Waals surface area contributed by atoms with E-state index in [0.29, 0.717) is 16.9 Å². The third-order valence-electron chi connectivity index (χ3n) is 10.0. The van der Waals surface area contributed by atoms with E-state index in [0.717, 1.165) is 49.1 Å². The van der Waals surface area contributed by atoms with Crippen molar-refractivity contribution in [1.82, 2.24) is 5.32 Å². The van der Waals surface area contributed by atoms with Crippen LogP contribution in [0.15, 0.2) is 29.4 Å². The lowest BCUT2D eigenvalue weighted by atomic mass is 9.46. The second-order valence-electron chi connectivity index (χ2n) is 12.4. The lowest BCUT2D eigenvalue weighted by Gasteiger charge is -2.58. The molecule has 3 saturated carbocycles. The molecule has 3 fully saturated rings. The average molecular weight is 458 g/mol. The predicted molar refractivity (Wildman–Crippen MR) is 147 cm³/mol. The summed E-state index contributed by atoms with van der Waals surface area (Å²) in [5, 5.41) is 2.97. The van der Waals surface area contributed by atoms with Gasteiger partial charge in [0.05, 0.1) is 0 Å². The van der Waals surface area contributed by atoms with Gasteiger partial charge in [0.2, 0.25) is 0 Å². The standard InChI is InChI=1S/C25H42N2.C5H11N.H2/c1-17-10-12-24(3)19(16-17)6-7-20-22-9-8-21(18(2)27-15-5-14-26)25(22,4)13-11-23(20)24;1-4-6-5(2)3;/h16-17,20-23H,5-15,26H2,1-4H3;4-6H,1H2,2-3H3;1H. The number of allylic oxidation sites excluding steroid dienone is 2. The Morgan fingerprint density at radius 2 is 1.97 bits per heavy atom. The third-order valence-corrected chi connectivity index (χ3v) is 10.0. The quantitative estimate of drug-likeness (QED) is 0.248. The zero-order valence-electron chi connectivity index (χ0n) is 22.6. The molecule has 0 heterocycles. The molecule has 4 rings (SSSR count). The molecule has 0 spiro atoms. The zero-order valence-corrected chi connectivity index (χ0v) is 22.6. The van der Waals surface area contributed by atoms with Gasteiger partial charge in [-0.3, -0.25) is 4.99 Å². The van der Waals surface area contributed by atoms with Gasteiger partial charge in [-0.15, -0.1) is 0 Å². The maximum Gasteiger partial charge on any atom is 0.0400 e. The first-order valence-electron chi connectivity index (χ1n) is 14.0. The average Bonchev–Trinajstić information content (AvgIpc) is 3.12. The van der Waals surface area contributed by atoms with Gasteiger partial charge in [-0.1, -0.05) is 39.0 Å². The monoisotopic (exact) mass is 457 g/mol. The first-order chi connectivity index (χ1) is 15.7. The van der Waals surface area contributed by atoms with Gasteiger partial charge in [-0.2, -0.15) is 0 Å². The first kappa shape index (κ1) is 26.5. The number of aliphatic imine (C=N–C) groups is 1. The molecule has 190 valence electrons. The summed E-state index contributed by atoms with van der Waals surface area (Å²) in [5.74, 6) is 4.36. The Labute approximate surface area is 206 Å². The number of rotatable bonds is 6. The van der Waals surface area contributed by atoms with Crippen LogP contribution in [0.1, 0.15) is 101 Å². The molecule has 0 bridgehead atoms. The van der Waals surface area contributed by atoms with Crippen LogP contribution in [0.3, 0.4) is 0 Å². The van der Waals surface area contributed by atoms with E-state index in [2.05, 4.69) is 59.5 Å². The molecule has 0 amide bonds. The molecule has 0 aliphatic heterocycles. The Hall–Kier alpha value is -1.09. The van der Waals surface area contributed by atoms with Crippen molar-refractivity contribution in [1.29, 1.82) is 0 Å². The number of hydrogen-bond acceptors (Lipinski definition) is 3. The smallest absolute Gasteiger partial charge is 0.0400 e.